The Labute approximate surface area is 110 Å². The van der Waals surface area contributed by atoms with Gasteiger partial charge in [-0.15, -0.1) is 11.8 Å². The lowest BCUT2D eigenvalue weighted by Crippen LogP contribution is -2.37. The Balaban J connectivity index is 1.89. The molecule has 0 spiro atoms. The van der Waals surface area contributed by atoms with Crippen molar-refractivity contribution in [2.45, 2.75) is 6.04 Å². The molecule has 1 fully saturated rings. The Bertz CT molecular complexity index is 449. The van der Waals surface area contributed by atoms with Gasteiger partial charge in [0.25, 0.3) is 0 Å². The summed E-state index contributed by atoms with van der Waals surface area (Å²) >= 11 is 1.71. The van der Waals surface area contributed by atoms with Gasteiger partial charge in [-0.1, -0.05) is 0 Å². The second-order valence-electron chi connectivity index (χ2n) is 3.73. The van der Waals surface area contributed by atoms with Gasteiger partial charge in [0.05, 0.1) is 6.04 Å². The summed E-state index contributed by atoms with van der Waals surface area (Å²) in [5.74, 6) is 2.21. The van der Waals surface area contributed by atoms with Gasteiger partial charge in [0, 0.05) is 17.3 Å². The third-order valence-corrected chi connectivity index (χ3v) is 3.40. The van der Waals surface area contributed by atoms with Crippen molar-refractivity contribution < 1.29 is 9.53 Å². The molecule has 0 radical (unpaired) electrons. The van der Waals surface area contributed by atoms with E-state index in [1.54, 1.807) is 36.0 Å². The summed E-state index contributed by atoms with van der Waals surface area (Å²) in [6.45, 7) is 0.0227. The Kier molecular flexibility index (Phi) is 4.45. The van der Waals surface area contributed by atoms with E-state index in [9.17, 15) is 4.79 Å². The molecular formula is C12H13N3O2S. The number of ether oxygens (including phenoxy) is 1. The molecule has 2 rings (SSSR count). The van der Waals surface area contributed by atoms with Gasteiger partial charge >= 0.3 is 0 Å². The first-order valence-corrected chi connectivity index (χ1v) is 6.67. The van der Waals surface area contributed by atoms with E-state index in [1.807, 2.05) is 6.07 Å². The Morgan fingerprint density at radius 1 is 1.56 bits per heavy atom. The Morgan fingerprint density at radius 3 is 2.94 bits per heavy atom. The predicted octanol–water partition coefficient (Wildman–Crippen LogP) is 1.19. The summed E-state index contributed by atoms with van der Waals surface area (Å²) in [5, 5.41) is 14.3. The Hall–Kier alpha value is -1.71. The van der Waals surface area contributed by atoms with Crippen LogP contribution in [0.4, 0.5) is 5.69 Å². The minimum Gasteiger partial charge on any atom is -0.479 e. The number of amides is 1. The van der Waals surface area contributed by atoms with Crippen LogP contribution in [0, 0.1) is 11.3 Å². The lowest BCUT2D eigenvalue weighted by atomic mass is 10.2. The number of nitrogens with one attached hydrogen (secondary N) is 2. The third kappa shape index (κ3) is 3.39. The predicted molar refractivity (Wildman–Crippen MR) is 70.4 cm³/mol. The summed E-state index contributed by atoms with van der Waals surface area (Å²) < 4.78 is 5.13. The maximum absolute atomic E-state index is 11.8. The summed E-state index contributed by atoms with van der Waals surface area (Å²) in [4.78, 5) is 11.8. The van der Waals surface area contributed by atoms with E-state index in [1.165, 1.54) is 0 Å². The molecule has 0 bridgehead atoms. The second kappa shape index (κ2) is 6.28. The summed E-state index contributed by atoms with van der Waals surface area (Å²) in [6, 6.07) is 8.74. The van der Waals surface area contributed by atoms with Crippen LogP contribution in [-0.2, 0) is 4.79 Å². The zero-order chi connectivity index (χ0) is 12.8. The first-order valence-electron chi connectivity index (χ1n) is 5.51. The van der Waals surface area contributed by atoms with Crippen LogP contribution in [0.2, 0.25) is 0 Å². The van der Waals surface area contributed by atoms with Crippen molar-refractivity contribution in [3.8, 4) is 11.8 Å². The molecule has 1 aromatic carbocycles. The van der Waals surface area contributed by atoms with Gasteiger partial charge in [-0.25, -0.2) is 0 Å². The number of carbonyl (C=O) groups is 1. The van der Waals surface area contributed by atoms with E-state index in [-0.39, 0.29) is 18.6 Å². The van der Waals surface area contributed by atoms with Crippen LogP contribution in [0.3, 0.4) is 0 Å². The van der Waals surface area contributed by atoms with E-state index >= 15 is 0 Å². The summed E-state index contributed by atoms with van der Waals surface area (Å²) in [5.41, 5.74) is 0.725. The van der Waals surface area contributed by atoms with Crippen LogP contribution < -0.4 is 15.4 Å². The van der Waals surface area contributed by atoms with Gasteiger partial charge in [0.15, 0.2) is 6.61 Å². The van der Waals surface area contributed by atoms with Gasteiger partial charge < -0.3 is 10.1 Å². The standard InChI is InChI=1S/C12H13N3O2S/c13-5-6-17-10-3-1-9(2-4-10)15-12(16)11-7-18-8-14-11/h1-4,11,14H,6-8H2,(H,15,16). The summed E-state index contributed by atoms with van der Waals surface area (Å²) in [6.07, 6.45) is 0. The van der Waals surface area contributed by atoms with Crippen LogP contribution in [0.25, 0.3) is 0 Å². The summed E-state index contributed by atoms with van der Waals surface area (Å²) in [7, 11) is 0. The highest BCUT2D eigenvalue weighted by Gasteiger charge is 2.22. The van der Waals surface area contributed by atoms with E-state index in [4.69, 9.17) is 10.00 Å². The number of carbonyl (C=O) groups excluding carboxylic acids is 1. The quantitative estimate of drug-likeness (QED) is 0.853. The zero-order valence-corrected chi connectivity index (χ0v) is 10.5. The molecule has 1 aromatic rings. The van der Waals surface area contributed by atoms with Crippen molar-refractivity contribution in [2.75, 3.05) is 23.6 Å². The average Bonchev–Trinajstić information content (AvgIpc) is 2.92. The number of benzene rings is 1. The topological polar surface area (TPSA) is 74.1 Å². The number of rotatable bonds is 4. The number of thioether (sulfide) groups is 1. The van der Waals surface area contributed by atoms with E-state index in [0.29, 0.717) is 5.75 Å². The second-order valence-corrected chi connectivity index (χ2v) is 4.76. The highest BCUT2D eigenvalue weighted by Crippen LogP contribution is 2.17. The maximum atomic E-state index is 11.8. The number of nitrogens with zero attached hydrogens (tertiary/aromatic N) is 1. The fraction of sp³-hybridized carbons (Fsp3) is 0.333. The first-order chi connectivity index (χ1) is 8.79. The van der Waals surface area contributed by atoms with Crippen molar-refractivity contribution >= 4 is 23.4 Å². The van der Waals surface area contributed by atoms with Crippen LogP contribution >= 0.6 is 11.8 Å². The smallest absolute Gasteiger partial charge is 0.242 e. The van der Waals surface area contributed by atoms with Gasteiger partial charge in [0.1, 0.15) is 11.8 Å². The minimum atomic E-state index is -0.121. The fourth-order valence-electron chi connectivity index (χ4n) is 1.54. The van der Waals surface area contributed by atoms with Crippen LogP contribution in [0.5, 0.6) is 5.75 Å². The highest BCUT2D eigenvalue weighted by atomic mass is 32.2. The third-order valence-electron chi connectivity index (χ3n) is 2.46. The molecule has 2 N–H and O–H groups in total. The molecule has 0 aliphatic carbocycles. The molecule has 1 unspecified atom stereocenters. The van der Waals surface area contributed by atoms with Gasteiger partial charge in [-0.05, 0) is 24.3 Å². The van der Waals surface area contributed by atoms with Crippen LogP contribution in [0.1, 0.15) is 0 Å². The van der Waals surface area contributed by atoms with Crippen molar-refractivity contribution in [3.63, 3.8) is 0 Å². The lowest BCUT2D eigenvalue weighted by Gasteiger charge is -2.10. The molecule has 0 saturated carbocycles. The normalized spacial score (nSPS) is 18.1. The maximum Gasteiger partial charge on any atom is 0.242 e. The molecule has 5 nitrogen and oxygen atoms in total. The van der Waals surface area contributed by atoms with Crippen molar-refractivity contribution in [2.24, 2.45) is 0 Å². The number of hydrogen-bond acceptors (Lipinski definition) is 5. The van der Waals surface area contributed by atoms with E-state index in [0.717, 1.165) is 17.3 Å². The molecule has 1 aliphatic rings. The SMILES string of the molecule is N#CCOc1ccc(NC(=O)C2CSCN2)cc1. The number of nitriles is 1. The molecule has 1 heterocycles. The van der Waals surface area contributed by atoms with E-state index < -0.39 is 0 Å². The molecule has 1 amide bonds. The molecule has 1 atom stereocenters. The molecule has 94 valence electrons. The molecular weight excluding hydrogens is 250 g/mol. The van der Waals surface area contributed by atoms with Crippen LogP contribution in [-0.4, -0.2) is 30.2 Å². The molecule has 1 aliphatic heterocycles. The molecule has 1 saturated heterocycles. The lowest BCUT2D eigenvalue weighted by molar-refractivity contribution is -0.117. The monoisotopic (exact) mass is 263 g/mol. The number of anilines is 1. The molecule has 0 aromatic heterocycles. The Morgan fingerprint density at radius 2 is 2.33 bits per heavy atom. The fourth-order valence-corrected chi connectivity index (χ4v) is 2.48. The van der Waals surface area contributed by atoms with E-state index in [2.05, 4.69) is 10.6 Å². The minimum absolute atomic E-state index is 0.0225. The highest BCUT2D eigenvalue weighted by molar-refractivity contribution is 7.99. The van der Waals surface area contributed by atoms with Crippen LogP contribution in [0.15, 0.2) is 24.3 Å². The zero-order valence-electron chi connectivity index (χ0n) is 9.68. The number of hydrogen-bond donors (Lipinski definition) is 2. The first kappa shape index (κ1) is 12.7. The molecule has 6 heteroatoms. The van der Waals surface area contributed by atoms with Gasteiger partial charge in [-0.3, -0.25) is 10.1 Å². The molecule has 18 heavy (non-hydrogen) atoms. The largest absolute Gasteiger partial charge is 0.479 e. The average molecular weight is 263 g/mol. The van der Waals surface area contributed by atoms with Crippen molar-refractivity contribution in [1.82, 2.24) is 5.32 Å². The van der Waals surface area contributed by atoms with Gasteiger partial charge in [-0.2, -0.15) is 5.26 Å². The van der Waals surface area contributed by atoms with Gasteiger partial charge in [0.2, 0.25) is 5.91 Å². The van der Waals surface area contributed by atoms with Crippen molar-refractivity contribution in [3.05, 3.63) is 24.3 Å². The van der Waals surface area contributed by atoms with Crippen molar-refractivity contribution in [1.29, 1.82) is 5.26 Å².